The van der Waals surface area contributed by atoms with Crippen molar-refractivity contribution in [3.8, 4) is 0 Å². The van der Waals surface area contributed by atoms with Crippen LogP contribution in [0.5, 0.6) is 0 Å². The van der Waals surface area contributed by atoms with Crippen LogP contribution < -0.4 is 5.32 Å². The fourth-order valence-corrected chi connectivity index (χ4v) is 1.52. The number of hydrogen-bond donors (Lipinski definition) is 1. The van der Waals surface area contributed by atoms with E-state index in [4.69, 9.17) is 9.47 Å². The van der Waals surface area contributed by atoms with E-state index in [-0.39, 0.29) is 18.8 Å². The molecular formula is C10H18F3NO2. The Morgan fingerprint density at radius 2 is 2.25 bits per heavy atom. The molecule has 0 aromatic rings. The maximum absolute atomic E-state index is 11.8. The fraction of sp³-hybridized carbons (Fsp3) is 1.00. The molecule has 0 aromatic carbocycles. The first-order valence-electron chi connectivity index (χ1n) is 5.48. The number of halogens is 3. The van der Waals surface area contributed by atoms with Gasteiger partial charge in [-0.25, -0.2) is 0 Å². The molecule has 2 unspecified atom stereocenters. The Balaban J connectivity index is 2.00. The Morgan fingerprint density at radius 1 is 1.50 bits per heavy atom. The molecule has 1 fully saturated rings. The molecule has 96 valence electrons. The van der Waals surface area contributed by atoms with Crippen LogP contribution in [0.4, 0.5) is 13.2 Å². The van der Waals surface area contributed by atoms with Crippen molar-refractivity contribution in [2.75, 3.05) is 26.3 Å². The third-order valence-corrected chi connectivity index (χ3v) is 2.35. The molecule has 0 aliphatic carbocycles. The predicted molar refractivity (Wildman–Crippen MR) is 53.3 cm³/mol. The minimum absolute atomic E-state index is 0.116. The van der Waals surface area contributed by atoms with Crippen molar-refractivity contribution in [3.05, 3.63) is 0 Å². The van der Waals surface area contributed by atoms with E-state index in [0.29, 0.717) is 6.61 Å². The molecule has 1 heterocycles. The van der Waals surface area contributed by atoms with E-state index in [1.165, 1.54) is 0 Å². The van der Waals surface area contributed by atoms with E-state index < -0.39 is 12.7 Å². The molecule has 0 spiro atoms. The van der Waals surface area contributed by atoms with Crippen LogP contribution >= 0.6 is 0 Å². The highest BCUT2D eigenvalue weighted by Crippen LogP contribution is 2.13. The molecule has 16 heavy (non-hydrogen) atoms. The second kappa shape index (κ2) is 6.42. The van der Waals surface area contributed by atoms with Crippen LogP contribution in [0.1, 0.15) is 19.8 Å². The summed E-state index contributed by atoms with van der Waals surface area (Å²) >= 11 is 0. The Hall–Kier alpha value is -0.330. The average Bonchev–Trinajstić information content (AvgIpc) is 2.65. The van der Waals surface area contributed by atoms with Crippen molar-refractivity contribution >= 4 is 0 Å². The Kier molecular flexibility index (Phi) is 5.51. The van der Waals surface area contributed by atoms with Crippen LogP contribution in [0.15, 0.2) is 0 Å². The maximum Gasteiger partial charge on any atom is 0.401 e. The van der Waals surface area contributed by atoms with E-state index in [2.05, 4.69) is 5.32 Å². The SMILES string of the molecule is CC(CNCC(F)(F)F)OCC1CCCO1. The number of ether oxygens (including phenoxy) is 2. The zero-order valence-electron chi connectivity index (χ0n) is 9.35. The van der Waals surface area contributed by atoms with Gasteiger partial charge in [0.1, 0.15) is 0 Å². The fourth-order valence-electron chi connectivity index (χ4n) is 1.52. The zero-order valence-corrected chi connectivity index (χ0v) is 9.35. The first-order valence-corrected chi connectivity index (χ1v) is 5.48. The summed E-state index contributed by atoms with van der Waals surface area (Å²) in [6.45, 7) is 2.20. The lowest BCUT2D eigenvalue weighted by Crippen LogP contribution is -2.35. The molecular weight excluding hydrogens is 223 g/mol. The van der Waals surface area contributed by atoms with Crippen molar-refractivity contribution in [2.24, 2.45) is 0 Å². The number of hydrogen-bond acceptors (Lipinski definition) is 3. The highest BCUT2D eigenvalue weighted by molar-refractivity contribution is 4.66. The van der Waals surface area contributed by atoms with Gasteiger partial charge in [0.15, 0.2) is 0 Å². The lowest BCUT2D eigenvalue weighted by Gasteiger charge is -2.17. The van der Waals surface area contributed by atoms with Crippen molar-refractivity contribution < 1.29 is 22.6 Å². The molecule has 0 amide bonds. The van der Waals surface area contributed by atoms with Crippen LogP contribution in [0.25, 0.3) is 0 Å². The van der Waals surface area contributed by atoms with Crippen LogP contribution in [-0.4, -0.2) is 44.7 Å². The quantitative estimate of drug-likeness (QED) is 0.768. The molecule has 0 radical (unpaired) electrons. The van der Waals surface area contributed by atoms with E-state index in [1.54, 1.807) is 6.92 Å². The van der Waals surface area contributed by atoms with Crippen molar-refractivity contribution in [3.63, 3.8) is 0 Å². The first kappa shape index (κ1) is 13.7. The summed E-state index contributed by atoms with van der Waals surface area (Å²) in [5.74, 6) is 0. The Morgan fingerprint density at radius 3 is 2.81 bits per heavy atom. The van der Waals surface area contributed by atoms with Gasteiger partial charge in [-0.1, -0.05) is 0 Å². The van der Waals surface area contributed by atoms with Gasteiger partial charge in [0, 0.05) is 13.2 Å². The molecule has 1 aliphatic heterocycles. The second-order valence-electron chi connectivity index (χ2n) is 4.03. The van der Waals surface area contributed by atoms with Gasteiger partial charge in [0.25, 0.3) is 0 Å². The van der Waals surface area contributed by atoms with E-state index in [9.17, 15) is 13.2 Å². The Labute approximate surface area is 93.3 Å². The summed E-state index contributed by atoms with van der Waals surface area (Å²) < 4.78 is 46.2. The van der Waals surface area contributed by atoms with Gasteiger partial charge in [-0.3, -0.25) is 0 Å². The van der Waals surface area contributed by atoms with Crippen LogP contribution in [0.2, 0.25) is 0 Å². The summed E-state index contributed by atoms with van der Waals surface area (Å²) in [7, 11) is 0. The molecule has 0 bridgehead atoms. The van der Waals surface area contributed by atoms with Gasteiger partial charge >= 0.3 is 6.18 Å². The molecule has 1 saturated heterocycles. The maximum atomic E-state index is 11.8. The molecule has 1 N–H and O–H groups in total. The van der Waals surface area contributed by atoms with E-state index in [0.717, 1.165) is 19.4 Å². The summed E-state index contributed by atoms with van der Waals surface area (Å²) in [6.07, 6.45) is -2.26. The van der Waals surface area contributed by atoms with Gasteiger partial charge in [-0.2, -0.15) is 13.2 Å². The van der Waals surface area contributed by atoms with Crippen molar-refractivity contribution in [1.82, 2.24) is 5.32 Å². The molecule has 2 atom stereocenters. The van der Waals surface area contributed by atoms with Gasteiger partial charge in [-0.05, 0) is 19.8 Å². The second-order valence-corrected chi connectivity index (χ2v) is 4.03. The summed E-state index contributed by atoms with van der Waals surface area (Å²) in [6, 6.07) is 0. The highest BCUT2D eigenvalue weighted by Gasteiger charge is 2.26. The van der Waals surface area contributed by atoms with Crippen molar-refractivity contribution in [2.45, 2.75) is 38.1 Å². The van der Waals surface area contributed by atoms with E-state index in [1.807, 2.05) is 0 Å². The molecule has 1 aliphatic rings. The van der Waals surface area contributed by atoms with Gasteiger partial charge in [0.2, 0.25) is 0 Å². The van der Waals surface area contributed by atoms with Crippen LogP contribution in [-0.2, 0) is 9.47 Å². The first-order chi connectivity index (χ1) is 7.47. The minimum Gasteiger partial charge on any atom is -0.376 e. The smallest absolute Gasteiger partial charge is 0.376 e. The summed E-state index contributed by atoms with van der Waals surface area (Å²) in [5.41, 5.74) is 0. The number of nitrogens with one attached hydrogen (secondary N) is 1. The van der Waals surface area contributed by atoms with Crippen LogP contribution in [0.3, 0.4) is 0 Å². The molecule has 3 nitrogen and oxygen atoms in total. The van der Waals surface area contributed by atoms with Crippen molar-refractivity contribution in [1.29, 1.82) is 0 Å². The average molecular weight is 241 g/mol. The largest absolute Gasteiger partial charge is 0.401 e. The molecule has 0 aromatic heterocycles. The van der Waals surface area contributed by atoms with E-state index >= 15 is 0 Å². The third-order valence-electron chi connectivity index (χ3n) is 2.35. The zero-order chi connectivity index (χ0) is 12.0. The monoisotopic (exact) mass is 241 g/mol. The highest BCUT2D eigenvalue weighted by atomic mass is 19.4. The minimum atomic E-state index is -4.16. The van der Waals surface area contributed by atoms with Gasteiger partial charge in [-0.15, -0.1) is 0 Å². The number of rotatable bonds is 6. The Bertz CT molecular complexity index is 193. The van der Waals surface area contributed by atoms with Crippen LogP contribution in [0, 0.1) is 0 Å². The lowest BCUT2D eigenvalue weighted by molar-refractivity contribution is -0.126. The molecule has 1 rings (SSSR count). The normalized spacial score (nSPS) is 23.6. The third kappa shape index (κ3) is 6.30. The van der Waals surface area contributed by atoms with Gasteiger partial charge in [0.05, 0.1) is 25.4 Å². The standard InChI is InChI=1S/C10H18F3NO2/c1-8(5-14-7-10(11,12)13)16-6-9-3-2-4-15-9/h8-9,14H,2-7H2,1H3. The lowest BCUT2D eigenvalue weighted by atomic mass is 10.2. The summed E-state index contributed by atoms with van der Waals surface area (Å²) in [4.78, 5) is 0. The number of alkyl halides is 3. The summed E-state index contributed by atoms with van der Waals surface area (Å²) in [5, 5.41) is 2.31. The topological polar surface area (TPSA) is 30.5 Å². The van der Waals surface area contributed by atoms with Gasteiger partial charge < -0.3 is 14.8 Å². The molecule has 6 heteroatoms. The predicted octanol–water partition coefficient (Wildman–Crippen LogP) is 1.72. The molecule has 0 saturated carbocycles.